The highest BCUT2D eigenvalue weighted by Crippen LogP contribution is 2.10. The molecule has 0 heterocycles. The summed E-state index contributed by atoms with van der Waals surface area (Å²) in [7, 11) is -3.51. The Balaban J connectivity index is 4.73. The first-order chi connectivity index (χ1) is 7.55. The van der Waals surface area contributed by atoms with Crippen LogP contribution in [0.2, 0.25) is 0 Å². The van der Waals surface area contributed by atoms with Crippen molar-refractivity contribution < 1.29 is 23.1 Å². The molecular weight excluding hydrogens is 246 g/mol. The Hall–Kier alpha value is -1.11. The molecule has 0 radical (unpaired) electrons. The van der Waals surface area contributed by atoms with E-state index in [4.69, 9.17) is 5.11 Å². The highest BCUT2D eigenvalue weighted by atomic mass is 32.2. The van der Waals surface area contributed by atoms with Crippen molar-refractivity contribution in [2.45, 2.75) is 44.9 Å². The van der Waals surface area contributed by atoms with Crippen LogP contribution in [0.1, 0.15) is 34.1 Å². The third-order valence-electron chi connectivity index (χ3n) is 2.64. The van der Waals surface area contributed by atoms with Gasteiger partial charge in [0.2, 0.25) is 5.91 Å². The Morgan fingerprint density at radius 1 is 1.35 bits per heavy atom. The largest absolute Gasteiger partial charge is 0.480 e. The van der Waals surface area contributed by atoms with Crippen LogP contribution in [0.3, 0.4) is 0 Å². The maximum Gasteiger partial charge on any atom is 0.329 e. The van der Waals surface area contributed by atoms with Crippen molar-refractivity contribution in [3.05, 3.63) is 0 Å². The minimum Gasteiger partial charge on any atom is -0.480 e. The van der Waals surface area contributed by atoms with Gasteiger partial charge in [-0.2, -0.15) is 0 Å². The van der Waals surface area contributed by atoms with E-state index >= 15 is 0 Å². The van der Waals surface area contributed by atoms with Gasteiger partial charge in [0.25, 0.3) is 0 Å². The van der Waals surface area contributed by atoms with Crippen LogP contribution in [-0.2, 0) is 19.4 Å². The molecule has 0 bridgehead atoms. The third kappa shape index (κ3) is 4.33. The summed E-state index contributed by atoms with van der Waals surface area (Å²) in [4.78, 5) is 22.4. The molecule has 0 rings (SSSR count). The summed E-state index contributed by atoms with van der Waals surface area (Å²) < 4.78 is 23.0. The van der Waals surface area contributed by atoms with Crippen molar-refractivity contribution in [3.63, 3.8) is 0 Å². The number of hydrogen-bond acceptors (Lipinski definition) is 4. The molecule has 0 aliphatic carbocycles. The molecule has 0 saturated carbocycles. The zero-order valence-corrected chi connectivity index (χ0v) is 11.3. The van der Waals surface area contributed by atoms with Gasteiger partial charge in [0.15, 0.2) is 9.84 Å². The Morgan fingerprint density at radius 2 is 1.82 bits per heavy atom. The second kappa shape index (κ2) is 5.48. The lowest BCUT2D eigenvalue weighted by Crippen LogP contribution is -2.53. The van der Waals surface area contributed by atoms with Crippen LogP contribution in [0, 0.1) is 0 Å². The molecule has 0 aliphatic rings. The van der Waals surface area contributed by atoms with Crippen molar-refractivity contribution >= 4 is 21.7 Å². The molecule has 0 fully saturated rings. The summed E-state index contributed by atoms with van der Waals surface area (Å²) in [6.45, 7) is 5.89. The van der Waals surface area contributed by atoms with E-state index in [2.05, 4.69) is 5.32 Å². The van der Waals surface area contributed by atoms with Gasteiger partial charge in [-0.25, -0.2) is 13.2 Å². The van der Waals surface area contributed by atoms with E-state index < -0.39 is 38.3 Å². The third-order valence-corrected chi connectivity index (χ3v) is 4.75. The molecule has 6 nitrogen and oxygen atoms in total. The molecule has 0 aromatic carbocycles. The van der Waals surface area contributed by atoms with Crippen LogP contribution in [-0.4, -0.2) is 41.9 Å². The predicted molar refractivity (Wildman–Crippen MR) is 63.4 cm³/mol. The van der Waals surface area contributed by atoms with Crippen LogP contribution < -0.4 is 5.32 Å². The van der Waals surface area contributed by atoms with E-state index in [1.807, 2.05) is 0 Å². The van der Waals surface area contributed by atoms with Gasteiger partial charge in [0.1, 0.15) is 11.3 Å². The van der Waals surface area contributed by atoms with E-state index in [1.165, 1.54) is 20.8 Å². The summed E-state index contributed by atoms with van der Waals surface area (Å²) >= 11 is 0. The molecule has 7 heteroatoms. The summed E-state index contributed by atoms with van der Waals surface area (Å²) in [6, 6.07) is 0. The summed E-state index contributed by atoms with van der Waals surface area (Å²) in [5.41, 5.74) is -1.43. The fourth-order valence-electron chi connectivity index (χ4n) is 0.986. The van der Waals surface area contributed by atoms with Crippen LogP contribution in [0.25, 0.3) is 0 Å². The number of aliphatic carboxylic acids is 1. The zero-order valence-electron chi connectivity index (χ0n) is 10.5. The number of carboxylic acids is 1. The molecule has 100 valence electrons. The summed E-state index contributed by atoms with van der Waals surface area (Å²) in [5, 5.41) is 10.5. The second-order valence-electron chi connectivity index (χ2n) is 4.39. The molecule has 1 amide bonds. The lowest BCUT2D eigenvalue weighted by molar-refractivity contribution is -0.146. The number of sulfone groups is 1. The lowest BCUT2D eigenvalue weighted by atomic mass is 9.99. The van der Waals surface area contributed by atoms with Crippen LogP contribution >= 0.6 is 0 Å². The Morgan fingerprint density at radius 3 is 2.12 bits per heavy atom. The maximum atomic E-state index is 11.5. The fourth-order valence-corrected chi connectivity index (χ4v) is 1.76. The number of hydrogen-bond donors (Lipinski definition) is 2. The number of carbonyl (C=O) groups excluding carboxylic acids is 1. The highest BCUT2D eigenvalue weighted by Gasteiger charge is 2.34. The van der Waals surface area contributed by atoms with E-state index in [-0.39, 0.29) is 6.42 Å². The van der Waals surface area contributed by atoms with Gasteiger partial charge in [-0.1, -0.05) is 6.92 Å². The number of nitrogens with one attached hydrogen (secondary N) is 1. The van der Waals surface area contributed by atoms with Gasteiger partial charge in [0, 0.05) is 0 Å². The molecule has 0 aromatic rings. The molecule has 0 spiro atoms. The van der Waals surface area contributed by atoms with E-state index in [0.29, 0.717) is 0 Å². The van der Waals surface area contributed by atoms with Gasteiger partial charge in [-0.3, -0.25) is 4.79 Å². The number of carbonyl (C=O) groups is 2. The SMILES string of the molecule is CCC(C)(NC(=O)CS(=O)(=O)C(C)C)C(=O)O. The minimum absolute atomic E-state index is 0.176. The van der Waals surface area contributed by atoms with Gasteiger partial charge < -0.3 is 10.4 Å². The first-order valence-electron chi connectivity index (χ1n) is 5.31. The summed E-state index contributed by atoms with van der Waals surface area (Å²) in [6.07, 6.45) is 0.176. The van der Waals surface area contributed by atoms with Crippen molar-refractivity contribution in [3.8, 4) is 0 Å². The molecule has 1 atom stereocenters. The van der Waals surface area contributed by atoms with Crippen molar-refractivity contribution in [2.75, 3.05) is 5.75 Å². The first-order valence-corrected chi connectivity index (χ1v) is 7.02. The average Bonchev–Trinajstić information content (AvgIpc) is 2.15. The second-order valence-corrected chi connectivity index (χ2v) is 6.95. The molecular formula is C10H19NO5S. The van der Waals surface area contributed by atoms with Crippen LogP contribution in [0.4, 0.5) is 0 Å². The van der Waals surface area contributed by atoms with E-state index in [0.717, 1.165) is 0 Å². The molecule has 0 aliphatic heterocycles. The molecule has 1 unspecified atom stereocenters. The maximum absolute atomic E-state index is 11.5. The fraction of sp³-hybridized carbons (Fsp3) is 0.800. The molecule has 17 heavy (non-hydrogen) atoms. The Bertz CT molecular complexity index is 401. The van der Waals surface area contributed by atoms with Crippen molar-refractivity contribution in [2.24, 2.45) is 0 Å². The minimum atomic E-state index is -3.51. The topological polar surface area (TPSA) is 101 Å². The zero-order chi connectivity index (χ0) is 13.9. The average molecular weight is 265 g/mol. The standard InChI is InChI=1S/C10H19NO5S/c1-5-10(4,9(13)14)11-8(12)6-17(15,16)7(2)3/h7H,5-6H2,1-4H3,(H,11,12)(H,13,14). The predicted octanol–water partition coefficient (Wildman–Crippen LogP) is 0.179. The molecule has 2 N–H and O–H groups in total. The molecule has 0 aromatic heterocycles. The Kier molecular flexibility index (Phi) is 5.12. The molecule has 0 saturated heterocycles. The van der Waals surface area contributed by atoms with E-state index in [9.17, 15) is 18.0 Å². The van der Waals surface area contributed by atoms with Crippen molar-refractivity contribution in [1.29, 1.82) is 0 Å². The highest BCUT2D eigenvalue weighted by molar-refractivity contribution is 7.92. The number of rotatable bonds is 6. The van der Waals surface area contributed by atoms with Crippen LogP contribution in [0.15, 0.2) is 0 Å². The smallest absolute Gasteiger partial charge is 0.329 e. The van der Waals surface area contributed by atoms with Gasteiger partial charge in [0.05, 0.1) is 5.25 Å². The number of carboxylic acid groups (broad SMARTS) is 1. The van der Waals surface area contributed by atoms with Crippen molar-refractivity contribution in [1.82, 2.24) is 5.32 Å². The van der Waals surface area contributed by atoms with Gasteiger partial charge in [-0.15, -0.1) is 0 Å². The van der Waals surface area contributed by atoms with Gasteiger partial charge in [-0.05, 0) is 27.2 Å². The lowest BCUT2D eigenvalue weighted by Gasteiger charge is -2.24. The normalized spacial score (nSPS) is 15.4. The van der Waals surface area contributed by atoms with E-state index in [1.54, 1.807) is 6.92 Å². The van der Waals surface area contributed by atoms with Crippen LogP contribution in [0.5, 0.6) is 0 Å². The summed E-state index contributed by atoms with van der Waals surface area (Å²) in [5.74, 6) is -2.66. The van der Waals surface area contributed by atoms with Gasteiger partial charge >= 0.3 is 5.97 Å². The quantitative estimate of drug-likeness (QED) is 0.713. The monoisotopic (exact) mass is 265 g/mol. The Labute approximate surface area is 101 Å². The first kappa shape index (κ1) is 15.9. The number of amides is 1.